The Bertz CT molecular complexity index is 1350. The van der Waals surface area contributed by atoms with Crippen LogP contribution in [0.15, 0.2) is 77.7 Å². The summed E-state index contributed by atoms with van der Waals surface area (Å²) >= 11 is 0. The molecule has 1 atom stereocenters. The molecular weight excluding hydrogens is 475 g/mol. The van der Waals surface area contributed by atoms with E-state index in [1.807, 2.05) is 16.9 Å². The maximum Gasteiger partial charge on any atom is 0.276 e. The zero-order chi connectivity index (χ0) is 25.4. The van der Waals surface area contributed by atoms with Crippen molar-refractivity contribution in [2.75, 3.05) is 6.61 Å². The Morgan fingerprint density at radius 3 is 2.17 bits per heavy atom. The predicted octanol–water partition coefficient (Wildman–Crippen LogP) is 2.26. The molecule has 0 bridgehead atoms. The zero-order valence-electron chi connectivity index (χ0n) is 18.5. The van der Waals surface area contributed by atoms with Crippen molar-refractivity contribution in [3.05, 3.63) is 84.2 Å². The minimum Gasteiger partial charge on any atom is -0.484 e. The molecule has 0 aliphatic heterocycles. The molecule has 0 saturated carbocycles. The van der Waals surface area contributed by atoms with Gasteiger partial charge in [-0.2, -0.15) is 9.98 Å². The van der Waals surface area contributed by atoms with Crippen LogP contribution in [-0.2, 0) is 19.6 Å². The molecule has 180 valence electrons. The van der Waals surface area contributed by atoms with Gasteiger partial charge in [-0.1, -0.05) is 36.4 Å². The second kappa shape index (κ2) is 11.2. The molecule has 0 saturated heterocycles. The third-order valence-electron chi connectivity index (χ3n) is 4.75. The topological polar surface area (TPSA) is 137 Å². The van der Waals surface area contributed by atoms with Crippen LogP contribution in [-0.4, -0.2) is 32.9 Å². The van der Waals surface area contributed by atoms with Crippen LogP contribution in [0.3, 0.4) is 0 Å². The van der Waals surface area contributed by atoms with Crippen molar-refractivity contribution in [1.29, 1.82) is 5.26 Å². The van der Waals surface area contributed by atoms with Crippen LogP contribution in [0.4, 0.5) is 4.39 Å². The van der Waals surface area contributed by atoms with Gasteiger partial charge in [-0.3, -0.25) is 20.4 Å². The molecule has 0 unspecified atom stereocenters. The number of rotatable bonds is 8. The van der Waals surface area contributed by atoms with E-state index in [0.29, 0.717) is 11.3 Å². The van der Waals surface area contributed by atoms with Gasteiger partial charge in [0.05, 0.1) is 17.7 Å². The number of benzene rings is 3. The number of hydrogen-bond donors (Lipinski definition) is 3. The second-order valence-electron chi connectivity index (χ2n) is 7.31. The van der Waals surface area contributed by atoms with Gasteiger partial charge in [0.2, 0.25) is 10.0 Å². The summed E-state index contributed by atoms with van der Waals surface area (Å²) in [6.45, 7) is 0.831. The minimum atomic E-state index is -4.28. The third-order valence-corrected chi connectivity index (χ3v) is 6.32. The Hall–Kier alpha value is -4.27. The molecule has 0 radical (unpaired) electrons. The van der Waals surface area contributed by atoms with Crippen molar-refractivity contribution < 1.29 is 27.1 Å². The third kappa shape index (κ3) is 6.86. The first kappa shape index (κ1) is 25.4. The van der Waals surface area contributed by atoms with E-state index in [-0.39, 0.29) is 0 Å². The highest BCUT2D eigenvalue weighted by Gasteiger charge is 2.24. The van der Waals surface area contributed by atoms with Crippen molar-refractivity contribution in [1.82, 2.24) is 15.6 Å². The largest absolute Gasteiger partial charge is 0.484 e. The lowest BCUT2D eigenvalue weighted by molar-refractivity contribution is -0.130. The number of hydrazine groups is 1. The fraction of sp³-hybridized carbons (Fsp3) is 0.125. The number of nitrogens with zero attached hydrogens (tertiary/aromatic N) is 1. The number of carbonyl (C=O) groups is 2. The second-order valence-corrected chi connectivity index (χ2v) is 9.00. The summed E-state index contributed by atoms with van der Waals surface area (Å²) in [5.74, 6) is -2.08. The van der Waals surface area contributed by atoms with Crippen molar-refractivity contribution in [2.24, 2.45) is 0 Å². The molecule has 3 aromatic carbocycles. The summed E-state index contributed by atoms with van der Waals surface area (Å²) in [6, 6.07) is 19.5. The Kier molecular flexibility index (Phi) is 8.14. The van der Waals surface area contributed by atoms with Crippen molar-refractivity contribution in [2.45, 2.75) is 17.9 Å². The molecule has 3 N–H and O–H groups in total. The van der Waals surface area contributed by atoms with Crippen LogP contribution < -0.4 is 20.3 Å². The summed E-state index contributed by atoms with van der Waals surface area (Å²) in [5, 5.41) is 8.87. The normalized spacial score (nSPS) is 11.7. The van der Waals surface area contributed by atoms with Crippen LogP contribution in [0.1, 0.15) is 12.5 Å². The monoisotopic (exact) mass is 496 g/mol. The number of nitrogens with one attached hydrogen (secondary N) is 3. The summed E-state index contributed by atoms with van der Waals surface area (Å²) in [7, 11) is -4.28. The molecule has 9 nitrogen and oxygen atoms in total. The van der Waals surface area contributed by atoms with Gasteiger partial charge in [0.15, 0.2) is 6.61 Å². The van der Waals surface area contributed by atoms with Gasteiger partial charge < -0.3 is 4.74 Å². The first-order chi connectivity index (χ1) is 16.7. The Morgan fingerprint density at radius 1 is 0.971 bits per heavy atom. The average molecular weight is 497 g/mol. The lowest BCUT2D eigenvalue weighted by atomic mass is 10.0. The molecule has 0 heterocycles. The van der Waals surface area contributed by atoms with E-state index in [4.69, 9.17) is 10.00 Å². The van der Waals surface area contributed by atoms with E-state index in [9.17, 15) is 22.4 Å². The molecule has 3 rings (SSSR count). The quantitative estimate of drug-likeness (QED) is 0.409. The molecule has 3 aromatic rings. The maximum absolute atomic E-state index is 13.8. The molecule has 11 heteroatoms. The van der Waals surface area contributed by atoms with Crippen LogP contribution in [0, 0.1) is 17.1 Å². The van der Waals surface area contributed by atoms with Crippen molar-refractivity contribution in [3.63, 3.8) is 0 Å². The molecule has 0 spiro atoms. The van der Waals surface area contributed by atoms with Crippen LogP contribution in [0.2, 0.25) is 0 Å². The summed E-state index contributed by atoms with van der Waals surface area (Å²) in [5.41, 5.74) is 6.57. The fourth-order valence-corrected chi connectivity index (χ4v) is 4.20. The maximum atomic E-state index is 13.8. The van der Waals surface area contributed by atoms with E-state index in [1.54, 1.807) is 36.4 Å². The number of nitriles is 1. The molecule has 0 fully saturated rings. The Morgan fingerprint density at radius 2 is 1.57 bits per heavy atom. The molecule has 0 aromatic heterocycles. The lowest BCUT2D eigenvalue weighted by Gasteiger charge is -2.15. The lowest BCUT2D eigenvalue weighted by Crippen LogP contribution is -2.51. The van der Waals surface area contributed by atoms with E-state index >= 15 is 0 Å². The van der Waals surface area contributed by atoms with Crippen molar-refractivity contribution in [3.8, 4) is 22.9 Å². The number of carbonyl (C=O) groups excluding carboxylic acids is 2. The summed E-state index contributed by atoms with van der Waals surface area (Å²) < 4.78 is 45.7. The van der Waals surface area contributed by atoms with Gasteiger partial charge in [0, 0.05) is 0 Å². The molecule has 0 aliphatic carbocycles. The van der Waals surface area contributed by atoms with Gasteiger partial charge in [-0.25, -0.2) is 12.8 Å². The number of amides is 2. The van der Waals surface area contributed by atoms with E-state index in [0.717, 1.165) is 23.3 Å². The number of sulfonamides is 1. The molecule has 0 aliphatic rings. The van der Waals surface area contributed by atoms with E-state index in [2.05, 4.69) is 16.9 Å². The Labute approximate surface area is 201 Å². The smallest absolute Gasteiger partial charge is 0.276 e. The number of halogens is 1. The molecule has 2 amide bonds. The van der Waals surface area contributed by atoms with E-state index < -0.39 is 45.2 Å². The van der Waals surface area contributed by atoms with Crippen LogP contribution in [0.5, 0.6) is 5.75 Å². The summed E-state index contributed by atoms with van der Waals surface area (Å²) in [4.78, 5) is 23.5. The minimum absolute atomic E-state index is 0.411. The first-order valence-corrected chi connectivity index (χ1v) is 11.8. The van der Waals surface area contributed by atoms with Gasteiger partial charge in [-0.15, -0.1) is 0 Å². The average Bonchev–Trinajstić information content (AvgIpc) is 2.86. The highest BCUT2D eigenvalue weighted by molar-refractivity contribution is 7.89. The fourth-order valence-electron chi connectivity index (χ4n) is 2.92. The Balaban J connectivity index is 1.46. The highest BCUT2D eigenvalue weighted by Crippen LogP contribution is 2.22. The van der Waals surface area contributed by atoms with Crippen LogP contribution in [0.25, 0.3) is 11.1 Å². The molecular formula is C24H21FN4O5S. The zero-order valence-corrected chi connectivity index (χ0v) is 19.3. The van der Waals surface area contributed by atoms with Gasteiger partial charge in [0.25, 0.3) is 11.8 Å². The van der Waals surface area contributed by atoms with Gasteiger partial charge in [-0.05, 0) is 54.4 Å². The SMILES string of the molecule is C[C@H](NS(=O)(=O)c1ccccc1F)C(=O)NNC(=O)COc1ccc(-c2ccc(C#N)cc2)cc1. The first-order valence-electron chi connectivity index (χ1n) is 10.3. The standard InChI is InChI=1S/C24H21FN4O5S/c1-16(29-35(32,33)22-5-3-2-4-21(22)25)24(31)28-27-23(30)15-34-20-12-10-19(11-13-20)18-8-6-17(14-26)7-9-18/h2-13,16,29H,15H2,1H3,(H,27,30)(H,28,31)/t16-/m0/s1. The van der Waals surface area contributed by atoms with Crippen LogP contribution >= 0.6 is 0 Å². The predicted molar refractivity (Wildman–Crippen MR) is 125 cm³/mol. The van der Waals surface area contributed by atoms with Crippen molar-refractivity contribution >= 4 is 21.8 Å². The van der Waals surface area contributed by atoms with Gasteiger partial charge >= 0.3 is 0 Å². The number of ether oxygens (including phenoxy) is 1. The summed E-state index contributed by atoms with van der Waals surface area (Å²) in [6.07, 6.45) is 0. The van der Waals surface area contributed by atoms with E-state index in [1.165, 1.54) is 19.1 Å². The molecule has 35 heavy (non-hydrogen) atoms. The number of hydrogen-bond acceptors (Lipinski definition) is 6. The highest BCUT2D eigenvalue weighted by atomic mass is 32.2. The van der Waals surface area contributed by atoms with Gasteiger partial charge in [0.1, 0.15) is 16.5 Å².